The molecule has 0 saturated carbocycles. The number of anilines is 1. The van der Waals surface area contributed by atoms with Crippen molar-refractivity contribution in [2.45, 2.75) is 39.3 Å². The lowest BCUT2D eigenvalue weighted by molar-refractivity contribution is -0.109. The van der Waals surface area contributed by atoms with Gasteiger partial charge in [0.1, 0.15) is 12.1 Å². The Morgan fingerprint density at radius 3 is 2.43 bits per heavy atom. The second-order valence-corrected chi connectivity index (χ2v) is 9.63. The molecule has 1 aliphatic rings. The average molecular weight is 550 g/mol. The first-order valence-electron chi connectivity index (χ1n) is 11.9. The summed E-state index contributed by atoms with van der Waals surface area (Å²) in [6, 6.07) is 7.83. The van der Waals surface area contributed by atoms with Crippen LogP contribution >= 0.6 is 23.4 Å². The lowest BCUT2D eigenvalue weighted by Crippen LogP contribution is -2.37. The van der Waals surface area contributed by atoms with Crippen LogP contribution in [0.15, 0.2) is 43.0 Å². The highest BCUT2D eigenvalue weighted by molar-refractivity contribution is 7.97. The highest BCUT2D eigenvalue weighted by atomic mass is 35.5. The minimum atomic E-state index is 0.460. The van der Waals surface area contributed by atoms with E-state index < -0.39 is 0 Å². The van der Waals surface area contributed by atoms with Crippen molar-refractivity contribution < 1.29 is 9.90 Å². The van der Waals surface area contributed by atoms with Gasteiger partial charge in [-0.3, -0.25) is 9.36 Å². The Morgan fingerprint density at radius 2 is 1.86 bits per heavy atom. The van der Waals surface area contributed by atoms with Crippen LogP contribution in [-0.4, -0.2) is 81.7 Å². The first kappa shape index (κ1) is 32.4. The van der Waals surface area contributed by atoms with Gasteiger partial charge in [-0.2, -0.15) is 16.7 Å². The molecule has 0 aliphatic carbocycles. The van der Waals surface area contributed by atoms with E-state index in [-0.39, 0.29) is 0 Å². The van der Waals surface area contributed by atoms with Crippen molar-refractivity contribution in [3.63, 3.8) is 0 Å². The summed E-state index contributed by atoms with van der Waals surface area (Å²) in [4.78, 5) is 25.6. The zero-order chi connectivity index (χ0) is 27.6. The summed E-state index contributed by atoms with van der Waals surface area (Å²) in [5, 5.41) is 13.7. The van der Waals surface area contributed by atoms with Crippen molar-refractivity contribution in [2.75, 3.05) is 45.1 Å². The zero-order valence-electron chi connectivity index (χ0n) is 22.6. The number of carbonyl (C=O) groups is 1. The Labute approximate surface area is 230 Å². The second-order valence-electron chi connectivity index (χ2n) is 8.38. The van der Waals surface area contributed by atoms with Crippen molar-refractivity contribution >= 4 is 35.7 Å². The predicted molar refractivity (Wildman–Crippen MR) is 155 cm³/mol. The second kappa shape index (κ2) is 18.6. The van der Waals surface area contributed by atoms with Crippen LogP contribution in [0.1, 0.15) is 29.7 Å². The molecule has 1 amide bonds. The number of aryl methyl sites for hydroxylation is 2. The Hall–Kier alpha value is -2.66. The molecule has 0 atom stereocenters. The van der Waals surface area contributed by atoms with Crippen LogP contribution in [0.4, 0.5) is 5.95 Å². The van der Waals surface area contributed by atoms with E-state index in [4.69, 9.17) is 16.7 Å². The number of piperidine rings is 1. The predicted octanol–water partition coefficient (Wildman–Crippen LogP) is 3.96. The summed E-state index contributed by atoms with van der Waals surface area (Å²) in [6.45, 7) is 6.77. The molecule has 3 N–H and O–H groups in total. The van der Waals surface area contributed by atoms with E-state index in [1.165, 1.54) is 0 Å². The van der Waals surface area contributed by atoms with E-state index in [2.05, 4.69) is 37.5 Å². The molecule has 11 heteroatoms. The normalized spacial score (nSPS) is 13.1. The standard InChI is InChI=1S/C15H22N6.C8H8ClNO.C2H6S.CH4O/c1-11-8-16-15(18-13-4-6-20(3)7-5-13)19-14(11)21-9-12(2)17-10-21;9-8-3-1-2-7(4-8)5-10-6-11;1-3-2;1-2/h8-10,13H,4-7H2,1-3H3,(H,16,18,19);1-4,6H,5H2,(H,10,11);1-2H3;2H,1H3. The first-order chi connectivity index (χ1) is 17.9. The molecule has 3 heterocycles. The summed E-state index contributed by atoms with van der Waals surface area (Å²) in [6.07, 6.45) is 12.7. The number of imidazole rings is 1. The molecule has 0 bridgehead atoms. The number of carbonyl (C=O) groups excluding carboxylic acids is 1. The fourth-order valence-corrected chi connectivity index (χ4v) is 3.66. The van der Waals surface area contributed by atoms with Gasteiger partial charge in [-0.15, -0.1) is 0 Å². The molecule has 1 fully saturated rings. The van der Waals surface area contributed by atoms with Gasteiger partial charge in [0.05, 0.1) is 5.69 Å². The highest BCUT2D eigenvalue weighted by Gasteiger charge is 2.17. The van der Waals surface area contributed by atoms with Crippen molar-refractivity contribution in [1.82, 2.24) is 29.7 Å². The largest absolute Gasteiger partial charge is 0.400 e. The Bertz CT molecular complexity index is 1040. The molecule has 37 heavy (non-hydrogen) atoms. The number of nitrogens with one attached hydrogen (secondary N) is 2. The molecule has 0 spiro atoms. The van der Waals surface area contributed by atoms with Gasteiger partial charge in [0, 0.05) is 42.7 Å². The summed E-state index contributed by atoms with van der Waals surface area (Å²) in [7, 11) is 3.16. The van der Waals surface area contributed by atoms with E-state index in [1.54, 1.807) is 24.2 Å². The number of likely N-dealkylation sites (tertiary alicyclic amines) is 1. The minimum Gasteiger partial charge on any atom is -0.400 e. The third-order valence-corrected chi connectivity index (χ3v) is 5.47. The number of thioether (sulfide) groups is 1. The lowest BCUT2D eigenvalue weighted by atomic mass is 10.1. The molecule has 4 rings (SSSR count). The van der Waals surface area contributed by atoms with Crippen LogP contribution in [-0.2, 0) is 11.3 Å². The maximum Gasteiger partial charge on any atom is 0.224 e. The van der Waals surface area contributed by atoms with Gasteiger partial charge in [0.25, 0.3) is 0 Å². The quantitative estimate of drug-likeness (QED) is 0.397. The Balaban J connectivity index is 0.000000360. The molecular formula is C26H40ClN7O2S. The summed E-state index contributed by atoms with van der Waals surface area (Å²) >= 11 is 7.46. The molecule has 2 aromatic heterocycles. The number of rotatable bonds is 6. The molecular weight excluding hydrogens is 510 g/mol. The number of hydrogen-bond acceptors (Lipinski definition) is 8. The van der Waals surface area contributed by atoms with Gasteiger partial charge in [-0.25, -0.2) is 9.97 Å². The fraction of sp³-hybridized carbons (Fsp3) is 0.462. The molecule has 1 aromatic carbocycles. The average Bonchev–Trinajstić information content (AvgIpc) is 3.33. The molecule has 1 saturated heterocycles. The van der Waals surface area contributed by atoms with Gasteiger partial charge < -0.3 is 20.6 Å². The molecule has 204 valence electrons. The van der Waals surface area contributed by atoms with Crippen LogP contribution in [0.5, 0.6) is 0 Å². The Morgan fingerprint density at radius 1 is 1.19 bits per heavy atom. The lowest BCUT2D eigenvalue weighted by Gasteiger charge is -2.29. The van der Waals surface area contributed by atoms with Gasteiger partial charge >= 0.3 is 0 Å². The SMILES string of the molecule is CO.CSC.Cc1cn(-c2nc(NC3CCN(C)CC3)ncc2C)cn1.O=CNCc1cccc(Cl)c1. The van der Waals surface area contributed by atoms with Crippen molar-refractivity contribution in [2.24, 2.45) is 0 Å². The van der Waals surface area contributed by atoms with Crippen LogP contribution in [0.2, 0.25) is 5.02 Å². The highest BCUT2D eigenvalue weighted by Crippen LogP contribution is 2.16. The topological polar surface area (TPSA) is 108 Å². The zero-order valence-corrected chi connectivity index (χ0v) is 24.2. The third kappa shape index (κ3) is 12.4. The smallest absolute Gasteiger partial charge is 0.224 e. The summed E-state index contributed by atoms with van der Waals surface area (Å²) in [5.74, 6) is 1.59. The molecule has 9 nitrogen and oxygen atoms in total. The van der Waals surface area contributed by atoms with Crippen LogP contribution in [0.25, 0.3) is 5.82 Å². The number of aliphatic hydroxyl groups excluding tert-OH is 1. The first-order valence-corrected chi connectivity index (χ1v) is 13.9. The van der Waals surface area contributed by atoms with Crippen LogP contribution in [0, 0.1) is 13.8 Å². The molecule has 0 unspecified atom stereocenters. The number of halogens is 1. The number of amides is 1. The van der Waals surface area contributed by atoms with E-state index in [1.807, 2.05) is 61.5 Å². The van der Waals surface area contributed by atoms with Crippen molar-refractivity contribution in [3.8, 4) is 5.82 Å². The molecule has 3 aromatic rings. The van der Waals surface area contributed by atoms with Crippen LogP contribution < -0.4 is 10.6 Å². The van der Waals surface area contributed by atoms with Gasteiger partial charge in [0.15, 0.2) is 0 Å². The molecule has 0 radical (unpaired) electrons. The maximum absolute atomic E-state index is 9.92. The number of benzene rings is 1. The van der Waals surface area contributed by atoms with Crippen molar-refractivity contribution in [1.29, 1.82) is 0 Å². The minimum absolute atomic E-state index is 0.460. The fourth-order valence-electron chi connectivity index (χ4n) is 3.44. The van der Waals surface area contributed by atoms with E-state index in [0.29, 0.717) is 30.0 Å². The van der Waals surface area contributed by atoms with E-state index in [9.17, 15) is 4.79 Å². The third-order valence-electron chi connectivity index (χ3n) is 5.23. The van der Waals surface area contributed by atoms with Crippen LogP contribution in [0.3, 0.4) is 0 Å². The maximum atomic E-state index is 9.92. The number of nitrogens with zero attached hydrogens (tertiary/aromatic N) is 5. The number of hydrogen-bond donors (Lipinski definition) is 3. The van der Waals surface area contributed by atoms with Gasteiger partial charge in [0.2, 0.25) is 12.4 Å². The summed E-state index contributed by atoms with van der Waals surface area (Å²) in [5.41, 5.74) is 3.03. The number of aliphatic hydroxyl groups is 1. The Kier molecular flexibility index (Phi) is 16.2. The van der Waals surface area contributed by atoms with Gasteiger partial charge in [-0.05, 0) is 77.0 Å². The van der Waals surface area contributed by atoms with E-state index in [0.717, 1.165) is 55.7 Å². The monoisotopic (exact) mass is 549 g/mol. The van der Waals surface area contributed by atoms with E-state index >= 15 is 0 Å². The molecule has 1 aliphatic heterocycles. The van der Waals surface area contributed by atoms with Gasteiger partial charge in [-0.1, -0.05) is 23.7 Å². The number of aromatic nitrogens is 4. The summed E-state index contributed by atoms with van der Waals surface area (Å²) < 4.78 is 1.95. The van der Waals surface area contributed by atoms with Crippen molar-refractivity contribution in [3.05, 3.63) is 64.8 Å².